The first-order valence-electron chi connectivity index (χ1n) is 8.17. The summed E-state index contributed by atoms with van der Waals surface area (Å²) in [5, 5.41) is 6.51. The minimum atomic E-state index is 0.611. The predicted octanol–water partition coefficient (Wildman–Crippen LogP) is 3.15. The van der Waals surface area contributed by atoms with E-state index in [1.807, 2.05) is 36.4 Å². The molecule has 25 heavy (non-hydrogen) atoms. The van der Waals surface area contributed by atoms with Crippen molar-refractivity contribution in [1.82, 2.24) is 15.0 Å². The zero-order valence-electron chi connectivity index (χ0n) is 14.1. The van der Waals surface area contributed by atoms with Crippen molar-refractivity contribution >= 4 is 11.8 Å². The summed E-state index contributed by atoms with van der Waals surface area (Å²) in [5.74, 6) is 2.25. The zero-order valence-corrected chi connectivity index (χ0v) is 14.1. The number of benzene rings is 1. The van der Waals surface area contributed by atoms with E-state index in [9.17, 15) is 0 Å². The van der Waals surface area contributed by atoms with E-state index in [-0.39, 0.29) is 0 Å². The Labute approximate surface area is 147 Å². The van der Waals surface area contributed by atoms with Crippen molar-refractivity contribution in [2.24, 2.45) is 0 Å². The fourth-order valence-corrected chi connectivity index (χ4v) is 2.34. The van der Waals surface area contributed by atoms with Gasteiger partial charge in [0.05, 0.1) is 19.3 Å². The molecule has 0 radical (unpaired) electrons. The summed E-state index contributed by atoms with van der Waals surface area (Å²) in [5.41, 5.74) is 2.20. The van der Waals surface area contributed by atoms with Gasteiger partial charge in [-0.1, -0.05) is 18.2 Å². The van der Waals surface area contributed by atoms with Crippen LogP contribution in [0.5, 0.6) is 5.75 Å². The highest BCUT2D eigenvalue weighted by Crippen LogP contribution is 2.12. The van der Waals surface area contributed by atoms with Crippen LogP contribution in [0.2, 0.25) is 0 Å². The topological polar surface area (TPSA) is 72.0 Å². The summed E-state index contributed by atoms with van der Waals surface area (Å²) < 4.78 is 5.16. The molecular formula is C19H21N5O. The number of nitrogens with one attached hydrogen (secondary N) is 2. The molecule has 0 fully saturated rings. The van der Waals surface area contributed by atoms with Gasteiger partial charge in [0.15, 0.2) is 0 Å². The minimum absolute atomic E-state index is 0.611. The van der Waals surface area contributed by atoms with Crippen LogP contribution in [0.1, 0.15) is 11.3 Å². The molecule has 0 saturated heterocycles. The van der Waals surface area contributed by atoms with Crippen molar-refractivity contribution in [1.29, 1.82) is 0 Å². The normalized spacial score (nSPS) is 10.3. The van der Waals surface area contributed by atoms with Crippen LogP contribution in [0.3, 0.4) is 0 Å². The van der Waals surface area contributed by atoms with Crippen LogP contribution in [0.25, 0.3) is 0 Å². The van der Waals surface area contributed by atoms with E-state index in [4.69, 9.17) is 4.74 Å². The molecule has 0 atom stereocenters. The number of hydrogen-bond acceptors (Lipinski definition) is 6. The molecule has 0 spiro atoms. The Balaban J connectivity index is 1.49. The average Bonchev–Trinajstić information content (AvgIpc) is 2.68. The summed E-state index contributed by atoms with van der Waals surface area (Å²) in [6.45, 7) is 1.39. The van der Waals surface area contributed by atoms with Gasteiger partial charge in [0.2, 0.25) is 5.95 Å². The Morgan fingerprint density at radius 1 is 0.920 bits per heavy atom. The number of pyridine rings is 1. The van der Waals surface area contributed by atoms with Gasteiger partial charge in [0.1, 0.15) is 11.6 Å². The fourth-order valence-electron chi connectivity index (χ4n) is 2.34. The summed E-state index contributed by atoms with van der Waals surface area (Å²) in [6, 6.07) is 15.7. The molecule has 2 aromatic heterocycles. The van der Waals surface area contributed by atoms with Crippen LogP contribution in [-0.4, -0.2) is 28.6 Å². The lowest BCUT2D eigenvalue weighted by Gasteiger charge is -2.08. The molecule has 3 aromatic rings. The van der Waals surface area contributed by atoms with Crippen molar-refractivity contribution in [3.05, 3.63) is 72.2 Å². The third kappa shape index (κ3) is 5.17. The molecule has 0 saturated carbocycles. The van der Waals surface area contributed by atoms with Crippen molar-refractivity contribution < 1.29 is 4.74 Å². The van der Waals surface area contributed by atoms with E-state index in [2.05, 4.69) is 37.7 Å². The first-order valence-corrected chi connectivity index (χ1v) is 8.17. The second-order valence-corrected chi connectivity index (χ2v) is 5.46. The molecular weight excluding hydrogens is 314 g/mol. The maximum Gasteiger partial charge on any atom is 0.224 e. The average molecular weight is 335 g/mol. The van der Waals surface area contributed by atoms with Gasteiger partial charge < -0.3 is 15.4 Å². The van der Waals surface area contributed by atoms with E-state index in [0.717, 1.165) is 30.2 Å². The molecule has 0 aliphatic heterocycles. The largest absolute Gasteiger partial charge is 0.497 e. The molecule has 3 rings (SSSR count). The van der Waals surface area contributed by atoms with Crippen LogP contribution in [0.4, 0.5) is 11.8 Å². The summed E-state index contributed by atoms with van der Waals surface area (Å²) >= 11 is 0. The highest BCUT2D eigenvalue weighted by atomic mass is 16.5. The molecule has 0 aliphatic rings. The van der Waals surface area contributed by atoms with Crippen LogP contribution in [0.15, 0.2) is 60.9 Å². The number of hydrogen-bond donors (Lipinski definition) is 2. The molecule has 0 aliphatic carbocycles. The molecule has 0 unspecified atom stereocenters. The second-order valence-electron chi connectivity index (χ2n) is 5.46. The Morgan fingerprint density at radius 3 is 2.56 bits per heavy atom. The summed E-state index contributed by atoms with van der Waals surface area (Å²) in [4.78, 5) is 13.0. The monoisotopic (exact) mass is 335 g/mol. The van der Waals surface area contributed by atoms with Crippen LogP contribution in [-0.2, 0) is 13.0 Å². The van der Waals surface area contributed by atoms with Crippen LogP contribution < -0.4 is 15.4 Å². The van der Waals surface area contributed by atoms with Gasteiger partial charge >= 0.3 is 0 Å². The standard InChI is InChI=1S/C19H21N5O/c1-25-17-7-5-15(6-8-17)9-12-21-19-22-13-10-18(24-19)23-14-16-4-2-3-11-20-16/h2-8,10-11,13H,9,12,14H2,1H3,(H2,21,22,23,24). The fraction of sp³-hybridized carbons (Fsp3) is 0.211. The molecule has 2 heterocycles. The molecule has 2 N–H and O–H groups in total. The number of aromatic nitrogens is 3. The second kappa shape index (κ2) is 8.63. The third-order valence-corrected chi connectivity index (χ3v) is 3.69. The molecule has 0 bridgehead atoms. The Hall–Kier alpha value is -3.15. The predicted molar refractivity (Wildman–Crippen MR) is 98.8 cm³/mol. The van der Waals surface area contributed by atoms with Gasteiger partial charge in [-0.3, -0.25) is 4.98 Å². The van der Waals surface area contributed by atoms with Crippen molar-refractivity contribution in [2.75, 3.05) is 24.3 Å². The van der Waals surface area contributed by atoms with Crippen molar-refractivity contribution in [3.63, 3.8) is 0 Å². The highest BCUT2D eigenvalue weighted by Gasteiger charge is 2.00. The smallest absolute Gasteiger partial charge is 0.224 e. The van der Waals surface area contributed by atoms with Crippen LogP contribution in [0, 0.1) is 0 Å². The Bertz CT molecular complexity index is 777. The van der Waals surface area contributed by atoms with E-state index in [1.165, 1.54) is 5.56 Å². The Morgan fingerprint density at radius 2 is 1.80 bits per heavy atom. The zero-order chi connectivity index (χ0) is 17.3. The first-order chi connectivity index (χ1) is 12.3. The highest BCUT2D eigenvalue weighted by molar-refractivity contribution is 5.40. The van der Waals surface area contributed by atoms with E-state index < -0.39 is 0 Å². The van der Waals surface area contributed by atoms with E-state index >= 15 is 0 Å². The van der Waals surface area contributed by atoms with Gasteiger partial charge in [-0.2, -0.15) is 4.98 Å². The van der Waals surface area contributed by atoms with Gasteiger partial charge in [0.25, 0.3) is 0 Å². The maximum atomic E-state index is 5.16. The van der Waals surface area contributed by atoms with E-state index in [0.29, 0.717) is 12.5 Å². The van der Waals surface area contributed by atoms with Gasteiger partial charge in [-0.15, -0.1) is 0 Å². The van der Waals surface area contributed by atoms with Gasteiger partial charge in [-0.05, 0) is 42.3 Å². The number of nitrogens with zero attached hydrogens (tertiary/aromatic N) is 3. The van der Waals surface area contributed by atoms with Gasteiger partial charge in [0, 0.05) is 18.9 Å². The molecule has 1 aromatic carbocycles. The first kappa shape index (κ1) is 16.7. The van der Waals surface area contributed by atoms with Gasteiger partial charge in [-0.25, -0.2) is 4.98 Å². The SMILES string of the molecule is COc1ccc(CCNc2nccc(NCc3ccccn3)n2)cc1. The number of ether oxygens (including phenoxy) is 1. The lowest BCUT2D eigenvalue weighted by molar-refractivity contribution is 0.414. The molecule has 0 amide bonds. The molecule has 6 nitrogen and oxygen atoms in total. The number of anilines is 2. The van der Waals surface area contributed by atoms with Crippen molar-refractivity contribution in [3.8, 4) is 5.75 Å². The van der Waals surface area contributed by atoms with Crippen molar-refractivity contribution in [2.45, 2.75) is 13.0 Å². The third-order valence-electron chi connectivity index (χ3n) is 3.69. The lowest BCUT2D eigenvalue weighted by Crippen LogP contribution is -2.09. The molecule has 6 heteroatoms. The minimum Gasteiger partial charge on any atom is -0.497 e. The summed E-state index contributed by atoms with van der Waals surface area (Å²) in [7, 11) is 1.67. The Kier molecular flexibility index (Phi) is 5.77. The lowest BCUT2D eigenvalue weighted by atomic mass is 10.1. The quantitative estimate of drug-likeness (QED) is 0.659. The summed E-state index contributed by atoms with van der Waals surface area (Å²) in [6.07, 6.45) is 4.41. The van der Waals surface area contributed by atoms with E-state index in [1.54, 1.807) is 19.5 Å². The number of rotatable bonds is 8. The van der Waals surface area contributed by atoms with Crippen LogP contribution >= 0.6 is 0 Å². The molecule has 128 valence electrons. The maximum absolute atomic E-state index is 5.16. The number of methoxy groups -OCH3 is 1.